The lowest BCUT2D eigenvalue weighted by Gasteiger charge is -2.01. The second-order valence-corrected chi connectivity index (χ2v) is 2.78. The standard InChI is InChI=1S/C10H12O6/c1-16-8(11)6-4-2-3-5-7(9(12)13)10(14)15/h2-4,6-7H,5H2,1H3,(H,12,13)(H,14,15). The van der Waals surface area contributed by atoms with Gasteiger partial charge in [0.1, 0.15) is 0 Å². The molecule has 0 aliphatic carbocycles. The molecule has 0 unspecified atom stereocenters. The summed E-state index contributed by atoms with van der Waals surface area (Å²) in [7, 11) is 1.22. The zero-order chi connectivity index (χ0) is 12.6. The van der Waals surface area contributed by atoms with E-state index in [-0.39, 0.29) is 6.42 Å². The number of carboxylic acids is 2. The van der Waals surface area contributed by atoms with Crippen LogP contribution in [0.4, 0.5) is 0 Å². The molecule has 0 heterocycles. The van der Waals surface area contributed by atoms with Crippen molar-refractivity contribution in [2.75, 3.05) is 7.11 Å². The Morgan fingerprint density at radius 2 is 1.75 bits per heavy atom. The van der Waals surface area contributed by atoms with Crippen molar-refractivity contribution in [3.05, 3.63) is 24.3 Å². The van der Waals surface area contributed by atoms with E-state index < -0.39 is 23.8 Å². The number of allylic oxidation sites excluding steroid dienone is 3. The minimum absolute atomic E-state index is 0.143. The summed E-state index contributed by atoms with van der Waals surface area (Å²) < 4.78 is 4.31. The van der Waals surface area contributed by atoms with Crippen molar-refractivity contribution in [2.24, 2.45) is 5.92 Å². The van der Waals surface area contributed by atoms with Crippen LogP contribution in [0.2, 0.25) is 0 Å². The number of rotatable bonds is 6. The van der Waals surface area contributed by atoms with Crippen molar-refractivity contribution in [1.82, 2.24) is 0 Å². The molecule has 0 radical (unpaired) electrons. The average Bonchev–Trinajstić information content (AvgIpc) is 2.21. The first kappa shape index (κ1) is 13.9. The molecule has 6 nitrogen and oxygen atoms in total. The molecular formula is C10H12O6. The first-order chi connectivity index (χ1) is 7.49. The lowest BCUT2D eigenvalue weighted by molar-refractivity contribution is -0.154. The summed E-state index contributed by atoms with van der Waals surface area (Å²) >= 11 is 0. The topological polar surface area (TPSA) is 101 Å². The van der Waals surface area contributed by atoms with Crippen molar-refractivity contribution >= 4 is 17.9 Å². The van der Waals surface area contributed by atoms with E-state index in [1.54, 1.807) is 0 Å². The molecule has 6 heteroatoms. The highest BCUT2D eigenvalue weighted by atomic mass is 16.5. The number of methoxy groups -OCH3 is 1. The predicted molar refractivity (Wildman–Crippen MR) is 53.7 cm³/mol. The maximum Gasteiger partial charge on any atom is 0.330 e. The van der Waals surface area contributed by atoms with Gasteiger partial charge in [-0.3, -0.25) is 9.59 Å². The van der Waals surface area contributed by atoms with E-state index in [4.69, 9.17) is 10.2 Å². The molecular weight excluding hydrogens is 216 g/mol. The molecule has 88 valence electrons. The van der Waals surface area contributed by atoms with Crippen molar-refractivity contribution in [1.29, 1.82) is 0 Å². The lowest BCUT2D eigenvalue weighted by Crippen LogP contribution is -2.22. The second kappa shape index (κ2) is 7.22. The fraction of sp³-hybridized carbons (Fsp3) is 0.300. The van der Waals surface area contributed by atoms with Gasteiger partial charge in [0.25, 0.3) is 0 Å². The molecule has 0 aromatic rings. The number of carboxylic acid groups (broad SMARTS) is 2. The van der Waals surface area contributed by atoms with Gasteiger partial charge in [-0.25, -0.2) is 4.79 Å². The van der Waals surface area contributed by atoms with Crippen LogP contribution in [0.15, 0.2) is 24.3 Å². The minimum atomic E-state index is -1.47. The van der Waals surface area contributed by atoms with Gasteiger partial charge in [0.15, 0.2) is 5.92 Å². The van der Waals surface area contributed by atoms with Crippen LogP contribution in [0, 0.1) is 5.92 Å². The number of hydrogen-bond donors (Lipinski definition) is 2. The summed E-state index contributed by atoms with van der Waals surface area (Å²) in [5.41, 5.74) is 0. The Bertz CT molecular complexity index is 314. The Kier molecular flexibility index (Phi) is 6.27. The van der Waals surface area contributed by atoms with Gasteiger partial charge in [0, 0.05) is 6.08 Å². The fourth-order valence-electron chi connectivity index (χ4n) is 0.803. The van der Waals surface area contributed by atoms with E-state index in [0.29, 0.717) is 0 Å². The summed E-state index contributed by atoms with van der Waals surface area (Å²) in [5, 5.41) is 17.0. The van der Waals surface area contributed by atoms with Gasteiger partial charge in [-0.05, 0) is 6.42 Å². The number of ether oxygens (including phenoxy) is 1. The lowest BCUT2D eigenvalue weighted by atomic mass is 10.1. The fourth-order valence-corrected chi connectivity index (χ4v) is 0.803. The van der Waals surface area contributed by atoms with Gasteiger partial charge >= 0.3 is 17.9 Å². The summed E-state index contributed by atoms with van der Waals surface area (Å²) in [6.07, 6.45) is 5.07. The highest BCUT2D eigenvalue weighted by Gasteiger charge is 2.23. The minimum Gasteiger partial charge on any atom is -0.481 e. The molecule has 0 bridgehead atoms. The van der Waals surface area contributed by atoms with E-state index in [0.717, 1.165) is 6.08 Å². The molecule has 2 N–H and O–H groups in total. The number of carbonyl (C=O) groups excluding carboxylic acids is 1. The SMILES string of the molecule is COC(=O)C=CC=CCC(C(=O)O)C(=O)O. The van der Waals surface area contributed by atoms with Gasteiger partial charge in [0.05, 0.1) is 7.11 Å². The Labute approximate surface area is 91.8 Å². The molecule has 0 amide bonds. The largest absolute Gasteiger partial charge is 0.481 e. The molecule has 0 fully saturated rings. The van der Waals surface area contributed by atoms with E-state index in [9.17, 15) is 14.4 Å². The van der Waals surface area contributed by atoms with Gasteiger partial charge in [-0.15, -0.1) is 0 Å². The van der Waals surface area contributed by atoms with Gasteiger partial charge < -0.3 is 14.9 Å². The Morgan fingerprint density at radius 3 is 2.19 bits per heavy atom. The highest BCUT2D eigenvalue weighted by Crippen LogP contribution is 2.04. The Morgan fingerprint density at radius 1 is 1.19 bits per heavy atom. The predicted octanol–water partition coefficient (Wildman–Crippen LogP) is 0.447. The number of aliphatic carboxylic acids is 2. The zero-order valence-corrected chi connectivity index (χ0v) is 8.62. The van der Waals surface area contributed by atoms with Crippen molar-refractivity contribution in [2.45, 2.75) is 6.42 Å². The Hall–Kier alpha value is -2.11. The van der Waals surface area contributed by atoms with Gasteiger partial charge in [0.2, 0.25) is 0 Å². The monoisotopic (exact) mass is 228 g/mol. The highest BCUT2D eigenvalue weighted by molar-refractivity contribution is 5.93. The smallest absolute Gasteiger partial charge is 0.330 e. The summed E-state index contributed by atoms with van der Waals surface area (Å²) in [4.78, 5) is 31.5. The van der Waals surface area contributed by atoms with Crippen LogP contribution in [0.1, 0.15) is 6.42 Å². The van der Waals surface area contributed by atoms with Crippen LogP contribution < -0.4 is 0 Å². The maximum atomic E-state index is 10.6. The molecule has 0 saturated carbocycles. The molecule has 0 rings (SSSR count). The average molecular weight is 228 g/mol. The zero-order valence-electron chi connectivity index (χ0n) is 8.62. The van der Waals surface area contributed by atoms with Crippen molar-refractivity contribution in [3.63, 3.8) is 0 Å². The molecule has 16 heavy (non-hydrogen) atoms. The van der Waals surface area contributed by atoms with Crippen LogP contribution in [-0.2, 0) is 19.1 Å². The second-order valence-electron chi connectivity index (χ2n) is 2.78. The summed E-state index contributed by atoms with van der Waals surface area (Å²) in [6.45, 7) is 0. The quantitative estimate of drug-likeness (QED) is 0.296. The summed E-state index contributed by atoms with van der Waals surface area (Å²) in [6, 6.07) is 0. The third-order valence-corrected chi connectivity index (χ3v) is 1.65. The molecule has 0 aliphatic rings. The van der Waals surface area contributed by atoms with E-state index >= 15 is 0 Å². The third-order valence-electron chi connectivity index (χ3n) is 1.65. The van der Waals surface area contributed by atoms with E-state index in [1.807, 2.05) is 0 Å². The van der Waals surface area contributed by atoms with Crippen LogP contribution in [0.25, 0.3) is 0 Å². The Balaban J connectivity index is 4.17. The van der Waals surface area contributed by atoms with E-state index in [1.165, 1.54) is 25.3 Å². The molecule has 0 atom stereocenters. The number of esters is 1. The van der Waals surface area contributed by atoms with Crippen LogP contribution in [-0.4, -0.2) is 35.2 Å². The normalized spacial score (nSPS) is 11.1. The molecule has 0 aromatic carbocycles. The van der Waals surface area contributed by atoms with Gasteiger partial charge in [-0.1, -0.05) is 18.2 Å². The first-order valence-electron chi connectivity index (χ1n) is 4.35. The molecule has 0 spiro atoms. The third kappa shape index (κ3) is 5.58. The van der Waals surface area contributed by atoms with Crippen LogP contribution >= 0.6 is 0 Å². The van der Waals surface area contributed by atoms with Gasteiger partial charge in [-0.2, -0.15) is 0 Å². The molecule has 0 saturated heterocycles. The maximum absolute atomic E-state index is 10.6. The first-order valence-corrected chi connectivity index (χ1v) is 4.35. The van der Waals surface area contributed by atoms with Crippen molar-refractivity contribution < 1.29 is 29.3 Å². The van der Waals surface area contributed by atoms with E-state index in [2.05, 4.69) is 4.74 Å². The number of hydrogen-bond acceptors (Lipinski definition) is 4. The summed E-state index contributed by atoms with van der Waals surface area (Å²) in [5.74, 6) is -4.80. The molecule has 0 aromatic heterocycles. The van der Waals surface area contributed by atoms with Crippen LogP contribution in [0.5, 0.6) is 0 Å². The number of carbonyl (C=O) groups is 3. The van der Waals surface area contributed by atoms with Crippen molar-refractivity contribution in [3.8, 4) is 0 Å². The van der Waals surface area contributed by atoms with Crippen LogP contribution in [0.3, 0.4) is 0 Å². The molecule has 0 aliphatic heterocycles.